The molecule has 5 nitrogen and oxygen atoms in total. The topological polar surface area (TPSA) is 64.3 Å². The number of aromatic nitrogens is 2. The van der Waals surface area contributed by atoms with Gasteiger partial charge < -0.3 is 9.84 Å². The Bertz CT molecular complexity index is 659. The van der Waals surface area contributed by atoms with Crippen molar-refractivity contribution in [3.05, 3.63) is 48.2 Å². The molecule has 0 fully saturated rings. The van der Waals surface area contributed by atoms with E-state index >= 15 is 0 Å². The minimum absolute atomic E-state index is 0.0113. The van der Waals surface area contributed by atoms with Crippen LogP contribution in [0.3, 0.4) is 0 Å². The summed E-state index contributed by atoms with van der Waals surface area (Å²) >= 11 is 0. The maximum absolute atomic E-state index is 11.0. The standard InChI is InChI=1S/C15H16N2O3/c1-10(2)9-20-14-7-5-4-6-11(14)13-8-12(15(18)19)16-17(13)3/h4-8H,1,9H2,2-3H3,(H,18,19). The van der Waals surface area contributed by atoms with Gasteiger partial charge in [-0.05, 0) is 30.7 Å². The fourth-order valence-electron chi connectivity index (χ4n) is 1.83. The predicted octanol–water partition coefficient (Wildman–Crippen LogP) is 2.74. The van der Waals surface area contributed by atoms with Crippen LogP contribution in [-0.2, 0) is 7.05 Å². The number of aryl methyl sites for hydroxylation is 1. The minimum atomic E-state index is -1.05. The van der Waals surface area contributed by atoms with Gasteiger partial charge in [-0.3, -0.25) is 4.68 Å². The highest BCUT2D eigenvalue weighted by atomic mass is 16.5. The van der Waals surface area contributed by atoms with Crippen molar-refractivity contribution in [3.63, 3.8) is 0 Å². The molecule has 104 valence electrons. The summed E-state index contributed by atoms with van der Waals surface area (Å²) in [5.41, 5.74) is 2.42. The second-order valence-electron chi connectivity index (χ2n) is 4.59. The van der Waals surface area contributed by atoms with Gasteiger partial charge in [0.15, 0.2) is 5.69 Å². The van der Waals surface area contributed by atoms with Gasteiger partial charge in [0.05, 0.1) is 5.69 Å². The predicted molar refractivity (Wildman–Crippen MR) is 75.9 cm³/mol. The first-order valence-electron chi connectivity index (χ1n) is 6.13. The SMILES string of the molecule is C=C(C)COc1ccccc1-c1cc(C(=O)O)nn1C. The van der Waals surface area contributed by atoms with Crippen LogP contribution in [0.4, 0.5) is 0 Å². The molecule has 0 aliphatic rings. The maximum atomic E-state index is 11.0. The van der Waals surface area contributed by atoms with Crippen LogP contribution in [0.15, 0.2) is 42.5 Å². The number of para-hydroxylation sites is 1. The quantitative estimate of drug-likeness (QED) is 0.850. The van der Waals surface area contributed by atoms with Crippen molar-refractivity contribution in [2.75, 3.05) is 6.61 Å². The molecule has 2 rings (SSSR count). The normalized spacial score (nSPS) is 10.3. The van der Waals surface area contributed by atoms with Gasteiger partial charge in [0.2, 0.25) is 0 Å². The first-order chi connectivity index (χ1) is 9.49. The highest BCUT2D eigenvalue weighted by Gasteiger charge is 2.15. The maximum Gasteiger partial charge on any atom is 0.356 e. The van der Waals surface area contributed by atoms with Crippen LogP contribution >= 0.6 is 0 Å². The average molecular weight is 272 g/mol. The monoisotopic (exact) mass is 272 g/mol. The Labute approximate surface area is 117 Å². The smallest absolute Gasteiger partial charge is 0.356 e. The van der Waals surface area contributed by atoms with Crippen LogP contribution in [-0.4, -0.2) is 27.5 Å². The lowest BCUT2D eigenvalue weighted by atomic mass is 10.1. The molecule has 0 saturated carbocycles. The van der Waals surface area contributed by atoms with E-state index in [0.717, 1.165) is 11.1 Å². The minimum Gasteiger partial charge on any atom is -0.489 e. The van der Waals surface area contributed by atoms with E-state index in [0.29, 0.717) is 18.1 Å². The van der Waals surface area contributed by atoms with E-state index in [2.05, 4.69) is 11.7 Å². The Morgan fingerprint density at radius 3 is 2.75 bits per heavy atom. The molecule has 0 atom stereocenters. The van der Waals surface area contributed by atoms with Crippen LogP contribution in [0.5, 0.6) is 5.75 Å². The number of carboxylic acids is 1. The highest BCUT2D eigenvalue weighted by molar-refractivity contribution is 5.87. The zero-order chi connectivity index (χ0) is 14.7. The van der Waals surface area contributed by atoms with Crippen molar-refractivity contribution >= 4 is 5.97 Å². The van der Waals surface area contributed by atoms with Gasteiger partial charge >= 0.3 is 5.97 Å². The Morgan fingerprint density at radius 1 is 1.45 bits per heavy atom. The summed E-state index contributed by atoms with van der Waals surface area (Å²) in [6.45, 7) is 6.10. The van der Waals surface area contributed by atoms with Crippen LogP contribution < -0.4 is 4.74 Å². The molecule has 0 unspecified atom stereocenters. The summed E-state index contributed by atoms with van der Waals surface area (Å²) in [5.74, 6) is -0.373. The van der Waals surface area contributed by atoms with Crippen LogP contribution in [0, 0.1) is 0 Å². The van der Waals surface area contributed by atoms with Crippen molar-refractivity contribution in [2.24, 2.45) is 7.05 Å². The van der Waals surface area contributed by atoms with Gasteiger partial charge in [-0.25, -0.2) is 4.79 Å². The first kappa shape index (κ1) is 13.9. The Kier molecular flexibility index (Phi) is 3.89. The van der Waals surface area contributed by atoms with E-state index < -0.39 is 5.97 Å². The number of benzene rings is 1. The fourth-order valence-corrected chi connectivity index (χ4v) is 1.83. The molecule has 1 heterocycles. The highest BCUT2D eigenvalue weighted by Crippen LogP contribution is 2.30. The van der Waals surface area contributed by atoms with Gasteiger partial charge in [-0.1, -0.05) is 18.7 Å². The lowest BCUT2D eigenvalue weighted by Crippen LogP contribution is -2.01. The molecule has 5 heteroatoms. The van der Waals surface area contributed by atoms with E-state index in [1.165, 1.54) is 10.7 Å². The van der Waals surface area contributed by atoms with Crippen LogP contribution in [0.2, 0.25) is 0 Å². The second-order valence-corrected chi connectivity index (χ2v) is 4.59. The molecule has 0 aliphatic heterocycles. The molecule has 0 aliphatic carbocycles. The molecule has 2 aromatic rings. The summed E-state index contributed by atoms with van der Waals surface area (Å²) in [5, 5.41) is 13.0. The molecule has 0 saturated heterocycles. The molecule has 1 aromatic carbocycles. The van der Waals surface area contributed by atoms with Gasteiger partial charge in [0.25, 0.3) is 0 Å². The van der Waals surface area contributed by atoms with Crippen molar-refractivity contribution in [1.29, 1.82) is 0 Å². The van der Waals surface area contributed by atoms with E-state index in [4.69, 9.17) is 9.84 Å². The van der Waals surface area contributed by atoms with E-state index in [1.807, 2.05) is 31.2 Å². The van der Waals surface area contributed by atoms with Crippen molar-refractivity contribution < 1.29 is 14.6 Å². The molecule has 0 spiro atoms. The average Bonchev–Trinajstić information content (AvgIpc) is 2.79. The summed E-state index contributed by atoms with van der Waals surface area (Å²) in [4.78, 5) is 11.0. The first-order valence-corrected chi connectivity index (χ1v) is 6.13. The molecule has 20 heavy (non-hydrogen) atoms. The molecular weight excluding hydrogens is 256 g/mol. The number of nitrogens with zero attached hydrogens (tertiary/aromatic N) is 2. The number of hydrogen-bond acceptors (Lipinski definition) is 3. The number of carbonyl (C=O) groups is 1. The number of hydrogen-bond donors (Lipinski definition) is 1. The third-order valence-corrected chi connectivity index (χ3v) is 2.74. The van der Waals surface area contributed by atoms with Crippen molar-refractivity contribution in [2.45, 2.75) is 6.92 Å². The molecule has 1 aromatic heterocycles. The van der Waals surface area contributed by atoms with Crippen molar-refractivity contribution in [1.82, 2.24) is 9.78 Å². The molecule has 0 bridgehead atoms. The third kappa shape index (κ3) is 2.88. The van der Waals surface area contributed by atoms with E-state index in [9.17, 15) is 4.79 Å². The largest absolute Gasteiger partial charge is 0.489 e. The lowest BCUT2D eigenvalue weighted by molar-refractivity contribution is 0.0689. The van der Waals surface area contributed by atoms with Crippen molar-refractivity contribution in [3.8, 4) is 17.0 Å². The zero-order valence-electron chi connectivity index (χ0n) is 11.5. The van der Waals surface area contributed by atoms with Gasteiger partial charge in [0, 0.05) is 12.6 Å². The summed E-state index contributed by atoms with van der Waals surface area (Å²) in [7, 11) is 1.71. The molecular formula is C15H16N2O3. The van der Waals surface area contributed by atoms with Gasteiger partial charge in [-0.15, -0.1) is 0 Å². The van der Waals surface area contributed by atoms with E-state index in [-0.39, 0.29) is 5.69 Å². The number of rotatable bonds is 5. The zero-order valence-corrected chi connectivity index (χ0v) is 11.5. The Hall–Kier alpha value is -2.56. The third-order valence-electron chi connectivity index (χ3n) is 2.74. The fraction of sp³-hybridized carbons (Fsp3) is 0.200. The lowest BCUT2D eigenvalue weighted by Gasteiger charge is -2.11. The summed E-state index contributed by atoms with van der Waals surface area (Å²) in [6.07, 6.45) is 0. The van der Waals surface area contributed by atoms with Gasteiger partial charge in [-0.2, -0.15) is 5.10 Å². The number of ether oxygens (including phenoxy) is 1. The second kappa shape index (κ2) is 5.61. The summed E-state index contributed by atoms with van der Waals surface area (Å²) in [6, 6.07) is 8.98. The summed E-state index contributed by atoms with van der Waals surface area (Å²) < 4.78 is 7.22. The Morgan fingerprint density at radius 2 is 2.15 bits per heavy atom. The molecule has 1 N–H and O–H groups in total. The molecule has 0 radical (unpaired) electrons. The number of carboxylic acid groups (broad SMARTS) is 1. The number of aromatic carboxylic acids is 1. The van der Waals surface area contributed by atoms with Gasteiger partial charge in [0.1, 0.15) is 12.4 Å². The van der Waals surface area contributed by atoms with Crippen LogP contribution in [0.1, 0.15) is 17.4 Å². The van der Waals surface area contributed by atoms with Crippen LogP contribution in [0.25, 0.3) is 11.3 Å². The van der Waals surface area contributed by atoms with E-state index in [1.54, 1.807) is 7.05 Å². The molecule has 0 amide bonds. The Balaban J connectivity index is 2.42.